The maximum atomic E-state index is 13.3. The highest BCUT2D eigenvalue weighted by Gasteiger charge is 2.58. The van der Waals surface area contributed by atoms with Crippen molar-refractivity contribution in [2.75, 3.05) is 26.2 Å². The van der Waals surface area contributed by atoms with Gasteiger partial charge in [-0.2, -0.15) is 0 Å². The third-order valence-corrected chi connectivity index (χ3v) is 6.09. The number of likely N-dealkylation sites (tertiary alicyclic amines) is 1. The molecule has 0 spiro atoms. The van der Waals surface area contributed by atoms with Crippen molar-refractivity contribution in [2.24, 2.45) is 28.7 Å². The van der Waals surface area contributed by atoms with E-state index in [0.29, 0.717) is 38.6 Å². The number of imide groups is 1. The van der Waals surface area contributed by atoms with Gasteiger partial charge in [-0.15, -0.1) is 24.0 Å². The molecule has 1 aromatic carbocycles. The van der Waals surface area contributed by atoms with Gasteiger partial charge < -0.3 is 10.6 Å². The predicted molar refractivity (Wildman–Crippen MR) is 124 cm³/mol. The summed E-state index contributed by atoms with van der Waals surface area (Å²) in [4.78, 5) is 31.4. The van der Waals surface area contributed by atoms with E-state index in [4.69, 9.17) is 0 Å². The molecule has 2 amide bonds. The molecular formula is C22H28FIN4O2. The summed E-state index contributed by atoms with van der Waals surface area (Å²) in [6.45, 7) is 3.98. The highest BCUT2D eigenvalue weighted by atomic mass is 127. The van der Waals surface area contributed by atoms with E-state index in [-0.39, 0.29) is 65.3 Å². The molecule has 0 radical (unpaired) electrons. The second-order valence-electron chi connectivity index (χ2n) is 7.90. The number of hydrogen-bond acceptors (Lipinski definition) is 3. The molecule has 1 heterocycles. The highest BCUT2D eigenvalue weighted by Crippen LogP contribution is 2.52. The summed E-state index contributed by atoms with van der Waals surface area (Å²) in [5.41, 5.74) is 0.896. The number of aliphatic imine (C=N–C) groups is 1. The maximum absolute atomic E-state index is 13.3. The van der Waals surface area contributed by atoms with E-state index in [1.807, 2.05) is 13.0 Å². The van der Waals surface area contributed by atoms with Gasteiger partial charge in [0, 0.05) is 26.2 Å². The van der Waals surface area contributed by atoms with Crippen LogP contribution in [0.3, 0.4) is 0 Å². The third kappa shape index (κ3) is 4.53. The van der Waals surface area contributed by atoms with Crippen LogP contribution in [-0.4, -0.2) is 48.9 Å². The fourth-order valence-corrected chi connectivity index (χ4v) is 4.80. The Balaban J connectivity index is 0.00000256. The van der Waals surface area contributed by atoms with Crippen molar-refractivity contribution in [3.05, 3.63) is 47.8 Å². The Hall–Kier alpha value is -1.97. The van der Waals surface area contributed by atoms with Gasteiger partial charge in [-0.25, -0.2) is 4.39 Å². The molecule has 4 unspecified atom stereocenters. The molecule has 162 valence electrons. The van der Waals surface area contributed by atoms with E-state index in [2.05, 4.69) is 27.8 Å². The summed E-state index contributed by atoms with van der Waals surface area (Å²) in [6.07, 6.45) is 5.79. The molecule has 4 rings (SSSR count). The van der Waals surface area contributed by atoms with Crippen molar-refractivity contribution in [3.8, 4) is 0 Å². The molecule has 2 fully saturated rings. The molecule has 2 aliphatic carbocycles. The second kappa shape index (κ2) is 9.89. The van der Waals surface area contributed by atoms with E-state index < -0.39 is 0 Å². The number of carbonyl (C=O) groups is 2. The van der Waals surface area contributed by atoms with Crippen LogP contribution in [0.25, 0.3) is 0 Å². The van der Waals surface area contributed by atoms with Crippen LogP contribution in [0.1, 0.15) is 18.9 Å². The minimum atomic E-state index is -0.245. The zero-order valence-electron chi connectivity index (χ0n) is 17.0. The number of benzene rings is 1. The molecule has 1 aromatic rings. The Bertz CT molecular complexity index is 829. The number of guanidine groups is 1. The lowest BCUT2D eigenvalue weighted by Crippen LogP contribution is -2.43. The number of nitrogens with one attached hydrogen (secondary N) is 2. The van der Waals surface area contributed by atoms with Crippen LogP contribution >= 0.6 is 24.0 Å². The van der Waals surface area contributed by atoms with Gasteiger partial charge in [0.2, 0.25) is 11.8 Å². The van der Waals surface area contributed by atoms with Gasteiger partial charge in [-0.1, -0.05) is 24.3 Å². The van der Waals surface area contributed by atoms with Crippen LogP contribution in [0.4, 0.5) is 4.39 Å². The van der Waals surface area contributed by atoms with E-state index in [0.717, 1.165) is 12.0 Å². The van der Waals surface area contributed by atoms with E-state index in [1.165, 1.54) is 17.0 Å². The molecule has 3 aliphatic rings. The van der Waals surface area contributed by atoms with E-state index >= 15 is 0 Å². The summed E-state index contributed by atoms with van der Waals surface area (Å²) in [7, 11) is 0. The van der Waals surface area contributed by atoms with Crippen LogP contribution in [0.5, 0.6) is 0 Å². The fourth-order valence-electron chi connectivity index (χ4n) is 4.80. The highest BCUT2D eigenvalue weighted by molar-refractivity contribution is 14.0. The molecule has 30 heavy (non-hydrogen) atoms. The Morgan fingerprint density at radius 3 is 2.50 bits per heavy atom. The zero-order valence-corrected chi connectivity index (χ0v) is 19.3. The first kappa shape index (κ1) is 22.7. The van der Waals surface area contributed by atoms with Crippen LogP contribution in [-0.2, 0) is 16.0 Å². The molecule has 6 nitrogen and oxygen atoms in total. The first-order valence-corrected chi connectivity index (χ1v) is 10.4. The number of nitrogens with zero attached hydrogens (tertiary/aromatic N) is 2. The lowest BCUT2D eigenvalue weighted by atomic mass is 9.85. The number of allylic oxidation sites excluding steroid dienone is 2. The largest absolute Gasteiger partial charge is 0.357 e. The van der Waals surface area contributed by atoms with Crippen molar-refractivity contribution in [1.82, 2.24) is 15.5 Å². The van der Waals surface area contributed by atoms with Crippen molar-refractivity contribution < 1.29 is 14.0 Å². The lowest BCUT2D eigenvalue weighted by molar-refractivity contribution is -0.140. The van der Waals surface area contributed by atoms with Crippen LogP contribution in [0.2, 0.25) is 0 Å². The van der Waals surface area contributed by atoms with Gasteiger partial charge in [0.05, 0.1) is 11.8 Å². The minimum Gasteiger partial charge on any atom is -0.357 e. The van der Waals surface area contributed by atoms with E-state index in [1.54, 1.807) is 6.07 Å². The Morgan fingerprint density at radius 2 is 1.87 bits per heavy atom. The standard InChI is InChI=1S/C22H27FN4O2.HI/c1-2-24-22(25-9-8-14-4-3-5-17(23)12-14)26-10-11-27-20(28)18-15-6-7-16(13-15)19(18)21(27)29;/h3-7,12,15-16,18-19H,2,8-11,13H2,1H3,(H2,24,25,26);1H. The van der Waals surface area contributed by atoms with Crippen LogP contribution in [0, 0.1) is 29.5 Å². The summed E-state index contributed by atoms with van der Waals surface area (Å²) in [6, 6.07) is 6.51. The average molecular weight is 526 g/mol. The second-order valence-corrected chi connectivity index (χ2v) is 7.90. The molecule has 1 saturated carbocycles. The van der Waals surface area contributed by atoms with Gasteiger partial charge in [0.1, 0.15) is 5.82 Å². The molecule has 8 heteroatoms. The van der Waals surface area contributed by atoms with Gasteiger partial charge in [0.25, 0.3) is 0 Å². The normalized spacial score (nSPS) is 26.7. The first-order chi connectivity index (χ1) is 14.1. The van der Waals surface area contributed by atoms with Crippen molar-refractivity contribution in [2.45, 2.75) is 19.8 Å². The SMILES string of the molecule is CCNC(=NCCc1cccc(F)c1)NCCN1C(=O)C2C3C=CC(C3)C2C1=O.I. The number of carbonyl (C=O) groups excluding carboxylic acids is 2. The average Bonchev–Trinajstić information content (AvgIpc) is 3.37. The smallest absolute Gasteiger partial charge is 0.233 e. The number of fused-ring (bicyclic) bond motifs is 5. The summed E-state index contributed by atoms with van der Waals surface area (Å²) in [5, 5.41) is 6.35. The predicted octanol–water partition coefficient (Wildman–Crippen LogP) is 2.35. The van der Waals surface area contributed by atoms with Gasteiger partial charge in [-0.3, -0.25) is 19.5 Å². The molecule has 0 aromatic heterocycles. The number of halogens is 2. The molecule has 1 saturated heterocycles. The van der Waals surface area contributed by atoms with Gasteiger partial charge in [0.15, 0.2) is 5.96 Å². The van der Waals surface area contributed by atoms with Crippen molar-refractivity contribution >= 4 is 41.8 Å². The Kier molecular flexibility index (Phi) is 7.49. The topological polar surface area (TPSA) is 73.8 Å². The monoisotopic (exact) mass is 526 g/mol. The molecule has 1 aliphatic heterocycles. The number of hydrogen-bond donors (Lipinski definition) is 2. The van der Waals surface area contributed by atoms with Crippen LogP contribution < -0.4 is 10.6 Å². The summed E-state index contributed by atoms with van der Waals surface area (Å²) in [5.74, 6) is 0.520. The maximum Gasteiger partial charge on any atom is 0.233 e. The molecule has 4 atom stereocenters. The Labute approximate surface area is 193 Å². The summed E-state index contributed by atoms with van der Waals surface area (Å²) >= 11 is 0. The van der Waals surface area contributed by atoms with Crippen molar-refractivity contribution in [1.29, 1.82) is 0 Å². The Morgan fingerprint density at radius 1 is 1.17 bits per heavy atom. The van der Waals surface area contributed by atoms with Crippen LogP contribution in [0.15, 0.2) is 41.4 Å². The minimum absolute atomic E-state index is 0. The molecule has 2 N–H and O–H groups in total. The molecule has 2 bridgehead atoms. The first-order valence-electron chi connectivity index (χ1n) is 10.4. The summed E-state index contributed by atoms with van der Waals surface area (Å²) < 4.78 is 13.3. The number of rotatable bonds is 7. The third-order valence-electron chi connectivity index (χ3n) is 6.09. The van der Waals surface area contributed by atoms with Gasteiger partial charge >= 0.3 is 0 Å². The quantitative estimate of drug-likeness (QED) is 0.188. The van der Waals surface area contributed by atoms with Crippen molar-refractivity contribution in [3.63, 3.8) is 0 Å². The molecular weight excluding hydrogens is 498 g/mol. The van der Waals surface area contributed by atoms with E-state index in [9.17, 15) is 14.0 Å². The lowest BCUT2D eigenvalue weighted by Gasteiger charge is -2.18. The number of amides is 2. The fraction of sp³-hybridized carbons (Fsp3) is 0.500. The van der Waals surface area contributed by atoms with Gasteiger partial charge in [-0.05, 0) is 49.3 Å². The zero-order chi connectivity index (χ0) is 20.4.